The third-order valence-electron chi connectivity index (χ3n) is 5.91. The molecule has 1 amide bonds. The molecule has 0 unspecified atom stereocenters. The van der Waals surface area contributed by atoms with Gasteiger partial charge >= 0.3 is 0 Å². The Morgan fingerprint density at radius 3 is 2.34 bits per heavy atom. The lowest BCUT2D eigenvalue weighted by Gasteiger charge is -2.35. The van der Waals surface area contributed by atoms with Crippen LogP contribution in [0, 0.1) is 5.82 Å². The van der Waals surface area contributed by atoms with Gasteiger partial charge in [0.1, 0.15) is 5.82 Å². The fraction of sp³-hybridized carbons (Fsp3) is 0.348. The van der Waals surface area contributed by atoms with Crippen LogP contribution in [0.4, 0.5) is 4.39 Å². The minimum absolute atomic E-state index is 0.00207. The van der Waals surface area contributed by atoms with Gasteiger partial charge in [-0.25, -0.2) is 4.39 Å². The first-order valence-corrected chi connectivity index (χ1v) is 12.0. The van der Waals surface area contributed by atoms with Gasteiger partial charge in [-0.1, -0.05) is 18.2 Å². The molecule has 0 spiro atoms. The third-order valence-corrected chi connectivity index (χ3v) is 7.86. The molecule has 32 heavy (non-hydrogen) atoms. The van der Waals surface area contributed by atoms with Crippen LogP contribution >= 0.6 is 0 Å². The zero-order valence-corrected chi connectivity index (χ0v) is 19.0. The number of aryl methyl sites for hydroxylation is 1. The number of rotatable bonds is 6. The highest BCUT2D eigenvalue weighted by Gasteiger charge is 2.30. The smallest absolute Gasteiger partial charge is 0.281 e. The highest BCUT2D eigenvalue weighted by molar-refractivity contribution is 7.86. The molecule has 2 aromatic carbocycles. The number of hydrogen-bond acceptors (Lipinski definition) is 3. The minimum Gasteiger partial charge on any atom is -0.354 e. The predicted molar refractivity (Wildman–Crippen MR) is 123 cm³/mol. The van der Waals surface area contributed by atoms with Crippen LogP contribution in [-0.4, -0.2) is 73.1 Å². The van der Waals surface area contributed by atoms with Gasteiger partial charge in [-0.05, 0) is 47.9 Å². The highest BCUT2D eigenvalue weighted by atomic mass is 32.2. The number of piperazine rings is 1. The lowest BCUT2D eigenvalue weighted by atomic mass is 10.0. The predicted octanol–water partition coefficient (Wildman–Crippen LogP) is 2.86. The van der Waals surface area contributed by atoms with E-state index in [1.54, 1.807) is 17.0 Å². The topological polar surface area (TPSA) is 76.7 Å². The Morgan fingerprint density at radius 2 is 1.69 bits per heavy atom. The van der Waals surface area contributed by atoms with E-state index in [0.717, 1.165) is 27.7 Å². The van der Waals surface area contributed by atoms with E-state index in [1.807, 2.05) is 24.3 Å². The van der Waals surface area contributed by atoms with Crippen molar-refractivity contribution in [1.82, 2.24) is 18.5 Å². The standard InChI is InChI=1S/C23H27FN4O3S/c1-26(2)32(30,31)28-15-13-27(14-16-28)22(29)12-11-20-19-5-3-4-6-21(19)25-23(20)17-7-9-18(24)10-8-17/h3-10,25H,11-16H2,1-2H3. The van der Waals surface area contributed by atoms with Crippen LogP contribution in [0.1, 0.15) is 12.0 Å². The van der Waals surface area contributed by atoms with Crippen LogP contribution in [0.25, 0.3) is 22.2 Å². The number of aromatic amines is 1. The highest BCUT2D eigenvalue weighted by Crippen LogP contribution is 2.31. The summed E-state index contributed by atoms with van der Waals surface area (Å²) in [6.45, 7) is 1.34. The Bertz CT molecular complexity index is 1210. The second-order valence-electron chi connectivity index (χ2n) is 8.10. The molecule has 0 radical (unpaired) electrons. The van der Waals surface area contributed by atoms with Crippen molar-refractivity contribution in [3.05, 3.63) is 59.9 Å². The van der Waals surface area contributed by atoms with Gasteiger partial charge in [0.05, 0.1) is 0 Å². The molecule has 1 aliphatic rings. The summed E-state index contributed by atoms with van der Waals surface area (Å²) < 4.78 is 40.6. The normalized spacial score (nSPS) is 15.6. The molecular formula is C23H27FN4O3S. The van der Waals surface area contributed by atoms with E-state index in [0.29, 0.717) is 39.0 Å². The van der Waals surface area contributed by atoms with Crippen LogP contribution in [0.15, 0.2) is 48.5 Å². The Morgan fingerprint density at radius 1 is 1.03 bits per heavy atom. The van der Waals surface area contributed by atoms with Gasteiger partial charge in [0.2, 0.25) is 5.91 Å². The van der Waals surface area contributed by atoms with Crippen molar-refractivity contribution in [3.63, 3.8) is 0 Å². The summed E-state index contributed by atoms with van der Waals surface area (Å²) in [5, 5.41) is 1.04. The number of carbonyl (C=O) groups is 1. The van der Waals surface area contributed by atoms with E-state index in [1.165, 1.54) is 34.8 Å². The molecule has 7 nitrogen and oxygen atoms in total. The zero-order valence-electron chi connectivity index (χ0n) is 18.2. The Labute approximate surface area is 187 Å². The van der Waals surface area contributed by atoms with Gasteiger partial charge in [0.25, 0.3) is 10.2 Å². The van der Waals surface area contributed by atoms with Crippen molar-refractivity contribution in [2.45, 2.75) is 12.8 Å². The molecule has 0 saturated carbocycles. The molecule has 9 heteroatoms. The number of nitrogens with zero attached hydrogens (tertiary/aromatic N) is 3. The summed E-state index contributed by atoms with van der Waals surface area (Å²) >= 11 is 0. The minimum atomic E-state index is -3.46. The summed E-state index contributed by atoms with van der Waals surface area (Å²) in [6.07, 6.45) is 0.849. The third kappa shape index (κ3) is 4.41. The summed E-state index contributed by atoms with van der Waals surface area (Å²) in [5.74, 6) is -0.292. The molecule has 0 bridgehead atoms. The summed E-state index contributed by atoms with van der Waals surface area (Å²) in [4.78, 5) is 18.0. The molecule has 2 heterocycles. The largest absolute Gasteiger partial charge is 0.354 e. The van der Waals surface area contributed by atoms with Crippen molar-refractivity contribution in [2.24, 2.45) is 0 Å². The number of amides is 1. The van der Waals surface area contributed by atoms with Crippen molar-refractivity contribution >= 4 is 27.0 Å². The Kier molecular flexibility index (Phi) is 6.32. The van der Waals surface area contributed by atoms with Crippen molar-refractivity contribution in [2.75, 3.05) is 40.3 Å². The average Bonchev–Trinajstić information content (AvgIpc) is 3.16. The van der Waals surface area contributed by atoms with Gasteiger partial charge in [-0.15, -0.1) is 0 Å². The maximum atomic E-state index is 13.4. The van der Waals surface area contributed by atoms with E-state index in [4.69, 9.17) is 0 Å². The van der Waals surface area contributed by atoms with E-state index in [9.17, 15) is 17.6 Å². The first-order valence-electron chi connectivity index (χ1n) is 10.6. The molecule has 3 aromatic rings. The number of carbonyl (C=O) groups excluding carboxylic acids is 1. The van der Waals surface area contributed by atoms with Crippen LogP contribution < -0.4 is 0 Å². The first kappa shape index (κ1) is 22.4. The second kappa shape index (κ2) is 9.01. The summed E-state index contributed by atoms with van der Waals surface area (Å²) in [5.41, 5.74) is 3.75. The fourth-order valence-electron chi connectivity index (χ4n) is 4.11. The lowest BCUT2D eigenvalue weighted by Crippen LogP contribution is -2.53. The van der Waals surface area contributed by atoms with Gasteiger partial charge in [0, 0.05) is 63.3 Å². The fourth-order valence-corrected chi connectivity index (χ4v) is 5.20. The van der Waals surface area contributed by atoms with Crippen molar-refractivity contribution in [1.29, 1.82) is 0 Å². The molecule has 1 fully saturated rings. The Hall–Kier alpha value is -2.75. The molecule has 0 aliphatic carbocycles. The number of H-pyrrole nitrogens is 1. The van der Waals surface area contributed by atoms with Crippen molar-refractivity contribution < 1.29 is 17.6 Å². The number of benzene rings is 2. The van der Waals surface area contributed by atoms with E-state index in [2.05, 4.69) is 4.98 Å². The maximum absolute atomic E-state index is 13.4. The second-order valence-corrected chi connectivity index (χ2v) is 10.2. The van der Waals surface area contributed by atoms with Gasteiger partial charge in [-0.3, -0.25) is 4.79 Å². The molecule has 0 atom stereocenters. The lowest BCUT2D eigenvalue weighted by molar-refractivity contribution is -0.132. The number of aromatic nitrogens is 1. The van der Waals surface area contributed by atoms with Crippen LogP contribution in [-0.2, 0) is 21.4 Å². The number of hydrogen-bond donors (Lipinski definition) is 1. The zero-order chi connectivity index (χ0) is 22.9. The number of nitrogens with one attached hydrogen (secondary N) is 1. The maximum Gasteiger partial charge on any atom is 0.281 e. The van der Waals surface area contributed by atoms with Crippen molar-refractivity contribution in [3.8, 4) is 11.3 Å². The van der Waals surface area contributed by atoms with E-state index in [-0.39, 0.29) is 11.7 Å². The molecular weight excluding hydrogens is 431 g/mol. The van der Waals surface area contributed by atoms with E-state index < -0.39 is 10.2 Å². The molecule has 1 N–H and O–H groups in total. The summed E-state index contributed by atoms with van der Waals surface area (Å²) in [6, 6.07) is 14.2. The molecule has 170 valence electrons. The molecule has 1 saturated heterocycles. The molecule has 4 rings (SSSR count). The van der Waals surface area contributed by atoms with Crippen LogP contribution in [0.2, 0.25) is 0 Å². The monoisotopic (exact) mass is 458 g/mol. The quantitative estimate of drug-likeness (QED) is 0.617. The summed E-state index contributed by atoms with van der Waals surface area (Å²) in [7, 11) is -0.449. The van der Waals surface area contributed by atoms with Gasteiger partial charge in [-0.2, -0.15) is 17.0 Å². The SMILES string of the molecule is CN(C)S(=O)(=O)N1CCN(C(=O)CCc2c(-c3ccc(F)cc3)[nH]c3ccccc23)CC1. The molecule has 1 aromatic heterocycles. The van der Waals surface area contributed by atoms with Gasteiger partial charge < -0.3 is 9.88 Å². The first-order chi connectivity index (χ1) is 15.3. The van der Waals surface area contributed by atoms with E-state index >= 15 is 0 Å². The molecule has 1 aliphatic heterocycles. The number of fused-ring (bicyclic) bond motifs is 1. The average molecular weight is 459 g/mol. The van der Waals surface area contributed by atoms with Crippen LogP contribution in [0.3, 0.4) is 0 Å². The number of halogens is 1. The van der Waals surface area contributed by atoms with Gasteiger partial charge in [0.15, 0.2) is 0 Å². The van der Waals surface area contributed by atoms with Crippen LogP contribution in [0.5, 0.6) is 0 Å². The number of para-hydroxylation sites is 1. The Balaban J connectivity index is 1.48.